The van der Waals surface area contributed by atoms with Crippen LogP contribution in [-0.2, 0) is 4.74 Å². The van der Waals surface area contributed by atoms with Crippen molar-refractivity contribution in [3.63, 3.8) is 0 Å². The number of rotatable bonds is 2. The third-order valence-electron chi connectivity index (χ3n) is 3.68. The van der Waals surface area contributed by atoms with Crippen molar-refractivity contribution in [1.82, 2.24) is 0 Å². The van der Waals surface area contributed by atoms with Crippen LogP contribution < -0.4 is 0 Å². The van der Waals surface area contributed by atoms with E-state index in [0.717, 1.165) is 21.2 Å². The highest BCUT2D eigenvalue weighted by molar-refractivity contribution is 7.18. The van der Waals surface area contributed by atoms with Gasteiger partial charge >= 0.3 is 5.97 Å². The maximum absolute atomic E-state index is 12.1. The van der Waals surface area contributed by atoms with Crippen molar-refractivity contribution in [3.05, 3.63) is 46.8 Å². The molecule has 3 heteroatoms. The van der Waals surface area contributed by atoms with Crippen molar-refractivity contribution in [1.29, 1.82) is 0 Å². The average Bonchev–Trinajstić information content (AvgIpc) is 2.92. The second-order valence-electron chi connectivity index (χ2n) is 5.18. The minimum Gasteiger partial charge on any atom is -0.465 e. The van der Waals surface area contributed by atoms with Crippen molar-refractivity contribution in [2.24, 2.45) is 0 Å². The van der Waals surface area contributed by atoms with Gasteiger partial charge in [0.25, 0.3) is 0 Å². The zero-order valence-corrected chi connectivity index (χ0v) is 12.6. The topological polar surface area (TPSA) is 26.3 Å². The summed E-state index contributed by atoms with van der Waals surface area (Å²) >= 11 is 1.67. The summed E-state index contributed by atoms with van der Waals surface area (Å²) < 4.78 is 6.11. The number of thiophene rings is 1. The molecule has 0 bridgehead atoms. The highest BCUT2D eigenvalue weighted by Crippen LogP contribution is 2.42. The van der Waals surface area contributed by atoms with Gasteiger partial charge in [-0.05, 0) is 28.5 Å². The summed E-state index contributed by atoms with van der Waals surface area (Å²) in [4.78, 5) is 12.1. The first-order valence-electron chi connectivity index (χ1n) is 6.64. The van der Waals surface area contributed by atoms with E-state index in [9.17, 15) is 4.79 Å². The summed E-state index contributed by atoms with van der Waals surface area (Å²) in [5, 5.41) is 3.02. The lowest BCUT2D eigenvalue weighted by Gasteiger charge is -2.00. The molecule has 0 N–H and O–H groups in total. The van der Waals surface area contributed by atoms with E-state index in [4.69, 9.17) is 4.74 Å². The SMILES string of the molecule is COC(=O)c1c2ccc(C(C)C)ccc-2c2sccc12. The summed E-state index contributed by atoms with van der Waals surface area (Å²) in [7, 11) is 1.43. The van der Waals surface area contributed by atoms with Crippen molar-refractivity contribution < 1.29 is 9.53 Å². The Morgan fingerprint density at radius 2 is 1.80 bits per heavy atom. The highest BCUT2D eigenvalue weighted by Gasteiger charge is 2.23. The zero-order valence-electron chi connectivity index (χ0n) is 11.8. The number of carbonyl (C=O) groups excluding carboxylic acids is 1. The standard InChI is InChI=1S/C17H16O2S/c1-10(2)11-4-6-12-13(7-5-11)16-14(8-9-20-16)15(12)17(18)19-3/h4-10H,1-3H3. The van der Waals surface area contributed by atoms with Gasteiger partial charge in [0, 0.05) is 15.6 Å². The van der Waals surface area contributed by atoms with Crippen LogP contribution >= 0.6 is 11.3 Å². The first-order chi connectivity index (χ1) is 9.63. The molecule has 2 aliphatic rings. The molecular weight excluding hydrogens is 268 g/mol. The number of methoxy groups -OCH3 is 1. The molecule has 3 rings (SSSR count). The zero-order chi connectivity index (χ0) is 14.3. The van der Waals surface area contributed by atoms with Crippen LogP contribution in [0.2, 0.25) is 0 Å². The van der Waals surface area contributed by atoms with E-state index in [2.05, 4.69) is 32.0 Å². The van der Waals surface area contributed by atoms with Gasteiger partial charge in [-0.15, -0.1) is 11.3 Å². The number of fused-ring (bicyclic) bond motifs is 3. The Hall–Kier alpha value is -1.87. The van der Waals surface area contributed by atoms with E-state index in [-0.39, 0.29) is 5.97 Å². The molecule has 0 fully saturated rings. The molecule has 0 radical (unpaired) electrons. The molecule has 2 nitrogen and oxygen atoms in total. The Morgan fingerprint density at radius 3 is 2.45 bits per heavy atom. The molecule has 0 atom stereocenters. The van der Waals surface area contributed by atoms with Crippen LogP contribution in [0.25, 0.3) is 21.2 Å². The largest absolute Gasteiger partial charge is 0.465 e. The molecule has 0 spiro atoms. The molecular formula is C17H16O2S. The predicted molar refractivity (Wildman–Crippen MR) is 83.9 cm³/mol. The molecule has 0 amide bonds. The molecule has 2 aliphatic carbocycles. The summed E-state index contributed by atoms with van der Waals surface area (Å²) in [6.07, 6.45) is 0. The molecule has 0 aliphatic heterocycles. The summed E-state index contributed by atoms with van der Waals surface area (Å²) in [6.45, 7) is 4.34. The van der Waals surface area contributed by atoms with Crippen molar-refractivity contribution in [2.75, 3.05) is 7.11 Å². The van der Waals surface area contributed by atoms with Crippen molar-refractivity contribution in [2.45, 2.75) is 19.8 Å². The summed E-state index contributed by atoms with van der Waals surface area (Å²) in [6, 6.07) is 10.4. The Morgan fingerprint density at radius 1 is 1.10 bits per heavy atom. The van der Waals surface area contributed by atoms with E-state index >= 15 is 0 Å². The lowest BCUT2D eigenvalue weighted by atomic mass is 10.1. The quantitative estimate of drug-likeness (QED) is 0.625. The van der Waals surface area contributed by atoms with E-state index < -0.39 is 0 Å². The second-order valence-corrected chi connectivity index (χ2v) is 6.09. The Bertz CT molecular complexity index is 755. The van der Waals surface area contributed by atoms with Crippen LogP contribution in [0.5, 0.6) is 0 Å². The second kappa shape index (κ2) is 4.91. The number of esters is 1. The normalized spacial score (nSPS) is 11.4. The van der Waals surface area contributed by atoms with E-state index in [0.29, 0.717) is 11.5 Å². The molecule has 0 unspecified atom stereocenters. The molecule has 1 aromatic rings. The highest BCUT2D eigenvalue weighted by atomic mass is 32.1. The van der Waals surface area contributed by atoms with Gasteiger partial charge in [0.2, 0.25) is 0 Å². The van der Waals surface area contributed by atoms with Gasteiger partial charge in [-0.2, -0.15) is 0 Å². The molecule has 0 saturated heterocycles. The van der Waals surface area contributed by atoms with E-state index in [1.165, 1.54) is 12.7 Å². The van der Waals surface area contributed by atoms with Gasteiger partial charge < -0.3 is 4.74 Å². The molecule has 102 valence electrons. The van der Waals surface area contributed by atoms with E-state index in [1.54, 1.807) is 11.3 Å². The van der Waals surface area contributed by atoms with Crippen LogP contribution in [0.4, 0.5) is 0 Å². The first kappa shape index (κ1) is 13.1. The first-order valence-corrected chi connectivity index (χ1v) is 7.52. The predicted octanol–water partition coefficient (Wildman–Crippen LogP) is 4.92. The summed E-state index contributed by atoms with van der Waals surface area (Å²) in [5.74, 6) is 0.201. The Kier molecular flexibility index (Phi) is 3.22. The van der Waals surface area contributed by atoms with Crippen molar-refractivity contribution >= 4 is 27.4 Å². The van der Waals surface area contributed by atoms with Gasteiger partial charge in [-0.3, -0.25) is 0 Å². The van der Waals surface area contributed by atoms with Crippen LogP contribution in [0.3, 0.4) is 0 Å². The lowest BCUT2D eigenvalue weighted by Crippen LogP contribution is -2.00. The van der Waals surface area contributed by atoms with Gasteiger partial charge in [-0.25, -0.2) is 4.79 Å². The third-order valence-corrected chi connectivity index (χ3v) is 4.63. The maximum Gasteiger partial charge on any atom is 0.339 e. The monoisotopic (exact) mass is 284 g/mol. The third kappa shape index (κ3) is 1.90. The molecule has 1 heterocycles. The van der Waals surface area contributed by atoms with Gasteiger partial charge in [0.1, 0.15) is 0 Å². The number of hydrogen-bond acceptors (Lipinski definition) is 3. The minimum atomic E-state index is -0.263. The fraction of sp³-hybridized carbons (Fsp3) is 0.235. The van der Waals surface area contributed by atoms with Crippen LogP contribution in [0, 0.1) is 0 Å². The lowest BCUT2D eigenvalue weighted by molar-refractivity contribution is 0.0604. The number of ether oxygens (including phenoxy) is 1. The van der Waals surface area contributed by atoms with Gasteiger partial charge in [-0.1, -0.05) is 38.1 Å². The Balaban J connectivity index is 2.36. The molecule has 0 saturated carbocycles. The Labute approximate surface area is 122 Å². The fourth-order valence-electron chi connectivity index (χ4n) is 2.58. The maximum atomic E-state index is 12.1. The molecule has 20 heavy (non-hydrogen) atoms. The van der Waals surface area contributed by atoms with Crippen LogP contribution in [0.15, 0.2) is 35.7 Å². The fourth-order valence-corrected chi connectivity index (χ4v) is 3.52. The van der Waals surface area contributed by atoms with Crippen LogP contribution in [-0.4, -0.2) is 13.1 Å². The molecule has 0 aromatic carbocycles. The number of carbonyl (C=O) groups is 1. The summed E-state index contributed by atoms with van der Waals surface area (Å²) in [5.41, 5.74) is 4.05. The van der Waals surface area contributed by atoms with Gasteiger partial charge in [0.05, 0.1) is 12.7 Å². The average molecular weight is 284 g/mol. The van der Waals surface area contributed by atoms with Crippen molar-refractivity contribution in [3.8, 4) is 11.1 Å². The number of hydrogen-bond donors (Lipinski definition) is 0. The minimum absolute atomic E-state index is 0.263. The molecule has 1 aromatic heterocycles. The van der Waals surface area contributed by atoms with Crippen LogP contribution in [0.1, 0.15) is 35.7 Å². The smallest absolute Gasteiger partial charge is 0.339 e. The van der Waals surface area contributed by atoms with Gasteiger partial charge in [0.15, 0.2) is 0 Å². The van der Waals surface area contributed by atoms with E-state index in [1.807, 2.05) is 17.5 Å².